The molecule has 0 saturated heterocycles. The van der Waals surface area contributed by atoms with E-state index in [0.717, 1.165) is 9.87 Å². The van der Waals surface area contributed by atoms with Gasteiger partial charge in [-0.15, -0.1) is 0 Å². The zero-order valence-corrected chi connectivity index (χ0v) is 16.1. The Kier molecular flexibility index (Phi) is 5.86. The molecule has 1 unspecified atom stereocenters. The smallest absolute Gasteiger partial charge is 0.251 e. The lowest BCUT2D eigenvalue weighted by molar-refractivity contribution is 0.0951. The first-order valence-electron chi connectivity index (χ1n) is 8.36. The SMILES string of the molecule is Cc1ccc(C(=O)NCc2cnn(C)c2)cc1N(c1ccc(F)cc1)S(=O)[O-]. The van der Waals surface area contributed by atoms with E-state index < -0.39 is 17.1 Å². The van der Waals surface area contributed by atoms with E-state index in [0.29, 0.717) is 23.4 Å². The van der Waals surface area contributed by atoms with Crippen molar-refractivity contribution in [2.45, 2.75) is 13.5 Å². The minimum Gasteiger partial charge on any atom is -0.755 e. The van der Waals surface area contributed by atoms with Crippen LogP contribution in [0.15, 0.2) is 54.9 Å². The van der Waals surface area contributed by atoms with Gasteiger partial charge in [-0.05, 0) is 48.9 Å². The van der Waals surface area contributed by atoms with Crippen LogP contribution in [0.4, 0.5) is 15.8 Å². The topological polar surface area (TPSA) is 90.3 Å². The highest BCUT2D eigenvalue weighted by Crippen LogP contribution is 2.30. The molecule has 3 rings (SSSR count). The average molecular weight is 401 g/mol. The molecule has 0 fully saturated rings. The Balaban J connectivity index is 1.87. The van der Waals surface area contributed by atoms with E-state index in [9.17, 15) is 17.9 Å². The molecule has 1 heterocycles. The van der Waals surface area contributed by atoms with Crippen LogP contribution in [0.2, 0.25) is 0 Å². The zero-order chi connectivity index (χ0) is 20.3. The van der Waals surface area contributed by atoms with Crippen molar-refractivity contribution < 1.29 is 17.9 Å². The predicted molar refractivity (Wildman–Crippen MR) is 103 cm³/mol. The van der Waals surface area contributed by atoms with Gasteiger partial charge in [-0.25, -0.2) is 4.39 Å². The standard InChI is InChI=1S/C19H19FN4O3S/c1-13-3-4-15(19(25)21-10-14-11-22-23(2)12-14)9-18(13)24(28(26)27)17-7-5-16(20)6-8-17/h3-9,11-12H,10H2,1-2H3,(H,21,25)(H,26,27)/p-1. The predicted octanol–water partition coefficient (Wildman–Crippen LogP) is 2.73. The van der Waals surface area contributed by atoms with Gasteiger partial charge in [0.25, 0.3) is 5.91 Å². The van der Waals surface area contributed by atoms with Crippen LogP contribution in [0.25, 0.3) is 0 Å². The van der Waals surface area contributed by atoms with Gasteiger partial charge < -0.3 is 9.87 Å². The third-order valence-electron chi connectivity index (χ3n) is 4.11. The average Bonchev–Trinajstić information content (AvgIpc) is 3.08. The van der Waals surface area contributed by atoms with Gasteiger partial charge in [-0.3, -0.25) is 18.0 Å². The molecule has 0 bridgehead atoms. The molecule has 0 radical (unpaired) electrons. The Morgan fingerprint density at radius 1 is 1.29 bits per heavy atom. The third-order valence-corrected chi connectivity index (χ3v) is 4.82. The molecular formula is C19H18FN4O3S-. The number of aryl methyl sites for hydroxylation is 2. The largest absolute Gasteiger partial charge is 0.755 e. The molecule has 7 nitrogen and oxygen atoms in total. The van der Waals surface area contributed by atoms with Crippen LogP contribution in [0, 0.1) is 12.7 Å². The van der Waals surface area contributed by atoms with E-state index >= 15 is 0 Å². The first kappa shape index (κ1) is 19.7. The molecule has 0 saturated carbocycles. The van der Waals surface area contributed by atoms with Crippen LogP contribution < -0.4 is 9.62 Å². The summed E-state index contributed by atoms with van der Waals surface area (Å²) < 4.78 is 39.6. The number of carbonyl (C=O) groups excluding carboxylic acids is 1. The number of nitrogens with zero attached hydrogens (tertiary/aromatic N) is 3. The number of rotatable bonds is 6. The van der Waals surface area contributed by atoms with Crippen LogP contribution in [0.1, 0.15) is 21.5 Å². The van der Waals surface area contributed by atoms with Gasteiger partial charge in [-0.1, -0.05) is 6.07 Å². The van der Waals surface area contributed by atoms with Gasteiger partial charge in [0, 0.05) is 30.9 Å². The molecule has 146 valence electrons. The van der Waals surface area contributed by atoms with Gasteiger partial charge in [-0.2, -0.15) is 5.10 Å². The van der Waals surface area contributed by atoms with Crippen molar-refractivity contribution in [1.29, 1.82) is 0 Å². The first-order chi connectivity index (χ1) is 13.3. The Morgan fingerprint density at radius 3 is 2.61 bits per heavy atom. The highest BCUT2D eigenvalue weighted by Gasteiger charge is 2.16. The molecule has 0 aliphatic heterocycles. The molecule has 3 aromatic rings. The van der Waals surface area contributed by atoms with Crippen molar-refractivity contribution in [2.24, 2.45) is 7.05 Å². The lowest BCUT2D eigenvalue weighted by Crippen LogP contribution is -2.24. The van der Waals surface area contributed by atoms with Gasteiger partial charge in [0.1, 0.15) is 5.82 Å². The van der Waals surface area contributed by atoms with E-state index in [4.69, 9.17) is 0 Å². The van der Waals surface area contributed by atoms with E-state index in [-0.39, 0.29) is 11.6 Å². The van der Waals surface area contributed by atoms with Crippen molar-refractivity contribution >= 4 is 28.5 Å². The van der Waals surface area contributed by atoms with Crippen molar-refractivity contribution in [1.82, 2.24) is 15.1 Å². The maximum Gasteiger partial charge on any atom is 0.251 e. The fourth-order valence-electron chi connectivity index (χ4n) is 2.70. The van der Waals surface area contributed by atoms with Crippen LogP contribution in [-0.4, -0.2) is 24.4 Å². The molecule has 1 atom stereocenters. The minimum atomic E-state index is -2.66. The lowest BCUT2D eigenvalue weighted by atomic mass is 10.1. The number of benzene rings is 2. The second-order valence-electron chi connectivity index (χ2n) is 6.19. The number of carbonyl (C=O) groups is 1. The summed E-state index contributed by atoms with van der Waals surface area (Å²) in [4.78, 5) is 12.5. The summed E-state index contributed by atoms with van der Waals surface area (Å²) >= 11 is -2.66. The van der Waals surface area contributed by atoms with Gasteiger partial charge in [0.2, 0.25) is 0 Å². The van der Waals surface area contributed by atoms with Crippen LogP contribution >= 0.6 is 0 Å². The summed E-state index contributed by atoms with van der Waals surface area (Å²) in [7, 11) is 1.78. The number of halogens is 1. The molecule has 9 heteroatoms. The number of anilines is 2. The fourth-order valence-corrected chi connectivity index (χ4v) is 3.35. The molecule has 0 aliphatic carbocycles. The van der Waals surface area contributed by atoms with Crippen molar-refractivity contribution in [2.75, 3.05) is 4.31 Å². The molecule has 0 aliphatic rings. The van der Waals surface area contributed by atoms with E-state index in [1.807, 2.05) is 0 Å². The third kappa shape index (κ3) is 4.44. The molecule has 1 aromatic heterocycles. The van der Waals surface area contributed by atoms with Crippen LogP contribution in [0.5, 0.6) is 0 Å². The summed E-state index contributed by atoms with van der Waals surface area (Å²) in [5.74, 6) is -0.818. The molecular weight excluding hydrogens is 383 g/mol. The van der Waals surface area contributed by atoms with Crippen molar-refractivity contribution in [3.63, 3.8) is 0 Å². The van der Waals surface area contributed by atoms with Gasteiger partial charge >= 0.3 is 0 Å². The molecule has 2 aromatic carbocycles. The van der Waals surface area contributed by atoms with Crippen LogP contribution in [0.3, 0.4) is 0 Å². The van der Waals surface area contributed by atoms with Gasteiger partial charge in [0.15, 0.2) is 0 Å². The highest BCUT2D eigenvalue weighted by atomic mass is 32.2. The lowest BCUT2D eigenvalue weighted by Gasteiger charge is -2.28. The summed E-state index contributed by atoms with van der Waals surface area (Å²) in [5.41, 5.74) is 2.39. The fraction of sp³-hybridized carbons (Fsp3) is 0.158. The van der Waals surface area contributed by atoms with E-state index in [1.165, 1.54) is 30.3 Å². The quantitative estimate of drug-likeness (QED) is 0.643. The van der Waals surface area contributed by atoms with Crippen molar-refractivity contribution in [3.8, 4) is 0 Å². The Hall–Kier alpha value is -3.04. The van der Waals surface area contributed by atoms with E-state index in [2.05, 4.69) is 10.4 Å². The molecule has 1 amide bonds. The normalized spacial score (nSPS) is 11.9. The number of hydrogen-bond donors (Lipinski definition) is 1. The summed E-state index contributed by atoms with van der Waals surface area (Å²) in [6.45, 7) is 2.03. The number of hydrogen-bond acceptors (Lipinski definition) is 4. The number of nitrogens with one attached hydrogen (secondary N) is 1. The Bertz CT molecular complexity index is 1020. The molecule has 1 N–H and O–H groups in total. The van der Waals surface area contributed by atoms with Gasteiger partial charge in [0.05, 0.1) is 28.8 Å². The Morgan fingerprint density at radius 2 is 2.00 bits per heavy atom. The minimum absolute atomic E-state index is 0.269. The number of aromatic nitrogens is 2. The maximum atomic E-state index is 13.2. The van der Waals surface area contributed by atoms with Crippen molar-refractivity contribution in [3.05, 3.63) is 77.4 Å². The maximum absolute atomic E-state index is 13.2. The van der Waals surface area contributed by atoms with E-state index in [1.54, 1.807) is 43.2 Å². The zero-order valence-electron chi connectivity index (χ0n) is 15.3. The first-order valence-corrected chi connectivity index (χ1v) is 9.40. The highest BCUT2D eigenvalue weighted by molar-refractivity contribution is 7.81. The Labute approximate surface area is 164 Å². The summed E-state index contributed by atoms with van der Waals surface area (Å²) in [6.07, 6.45) is 3.44. The summed E-state index contributed by atoms with van der Waals surface area (Å²) in [5, 5.41) is 6.82. The summed E-state index contributed by atoms with van der Waals surface area (Å²) in [6, 6.07) is 9.85. The second-order valence-corrected chi connectivity index (χ2v) is 6.99. The molecule has 28 heavy (non-hydrogen) atoms. The molecule has 0 spiro atoms. The second kappa shape index (κ2) is 8.32. The monoisotopic (exact) mass is 401 g/mol. The number of amides is 1. The van der Waals surface area contributed by atoms with Crippen LogP contribution in [-0.2, 0) is 24.9 Å².